The van der Waals surface area contributed by atoms with Crippen molar-refractivity contribution >= 4 is 17.8 Å². The highest BCUT2D eigenvalue weighted by atomic mass is 16.6. The molecule has 4 aromatic rings. The lowest BCUT2D eigenvalue weighted by Crippen LogP contribution is -2.62. The Morgan fingerprint density at radius 2 is 1.16 bits per heavy atom. The molecule has 6 atom stereocenters. The zero-order valence-corrected chi connectivity index (χ0v) is 27.1. The summed E-state index contributed by atoms with van der Waals surface area (Å²) in [6.45, 7) is 0.747. The Hall–Kier alpha value is -4.71. The van der Waals surface area contributed by atoms with E-state index in [1.807, 2.05) is 91.0 Å². The molecular formula is C39H39NO9. The van der Waals surface area contributed by atoms with Crippen LogP contribution >= 0.6 is 0 Å². The number of hydrogen-bond acceptors (Lipinski definition) is 9. The van der Waals surface area contributed by atoms with Gasteiger partial charge in [0.05, 0.1) is 50.8 Å². The number of rotatable bonds is 14. The van der Waals surface area contributed by atoms with E-state index in [0.717, 1.165) is 21.6 Å². The van der Waals surface area contributed by atoms with Crippen LogP contribution in [0.2, 0.25) is 0 Å². The molecule has 49 heavy (non-hydrogen) atoms. The van der Waals surface area contributed by atoms with Gasteiger partial charge in [-0.25, -0.2) is 4.79 Å². The van der Waals surface area contributed by atoms with Crippen molar-refractivity contribution in [1.29, 1.82) is 0 Å². The summed E-state index contributed by atoms with van der Waals surface area (Å²) in [4.78, 5) is 41.1. The maximum absolute atomic E-state index is 13.5. The van der Waals surface area contributed by atoms with Crippen molar-refractivity contribution in [2.45, 2.75) is 62.8 Å². The fraction of sp³-hybridized carbons (Fsp3) is 0.308. The summed E-state index contributed by atoms with van der Waals surface area (Å²) in [5, 5.41) is 11.9. The van der Waals surface area contributed by atoms with E-state index in [1.54, 1.807) is 12.1 Å². The third-order valence-corrected chi connectivity index (χ3v) is 8.79. The second-order valence-corrected chi connectivity index (χ2v) is 12.0. The summed E-state index contributed by atoms with van der Waals surface area (Å²) in [6.07, 6.45) is -5.13. The van der Waals surface area contributed by atoms with E-state index >= 15 is 0 Å². The Kier molecular flexibility index (Phi) is 11.2. The van der Waals surface area contributed by atoms with E-state index in [4.69, 9.17) is 23.7 Å². The van der Waals surface area contributed by atoms with Gasteiger partial charge in [-0.05, 0) is 28.8 Å². The highest BCUT2D eigenvalue weighted by molar-refractivity contribution is 6.22. The van der Waals surface area contributed by atoms with Gasteiger partial charge in [0.2, 0.25) is 0 Å². The molecule has 1 saturated heterocycles. The summed E-state index contributed by atoms with van der Waals surface area (Å²) in [5.41, 5.74) is 3.15. The molecule has 4 aromatic carbocycles. The molecule has 10 heteroatoms. The van der Waals surface area contributed by atoms with Crippen molar-refractivity contribution in [3.05, 3.63) is 143 Å². The maximum Gasteiger partial charge on any atom is 0.329 e. The predicted octanol–water partition coefficient (Wildman–Crippen LogP) is 4.73. The molecular weight excluding hydrogens is 626 g/mol. The van der Waals surface area contributed by atoms with Crippen molar-refractivity contribution in [3.63, 3.8) is 0 Å². The Labute approximate surface area is 285 Å². The van der Waals surface area contributed by atoms with Gasteiger partial charge in [0.25, 0.3) is 11.8 Å². The molecule has 254 valence electrons. The SMILES string of the molecule is COC(=O)C(CC1O[C@H](COCc2ccccc2)C(OCc2ccccc2)[C@H](OCc2ccccc2)[C@H]1O)N1C(=O)c2ccccc2C1=O. The summed E-state index contributed by atoms with van der Waals surface area (Å²) < 4.78 is 30.6. The number of nitrogens with zero attached hydrogens (tertiary/aromatic N) is 1. The van der Waals surface area contributed by atoms with Crippen molar-refractivity contribution in [1.82, 2.24) is 4.90 Å². The standard InChI is InChI=1S/C39H39NO9/c1-45-39(44)31(40-37(42)29-19-11-12-20-30(29)38(40)43)21-32-34(41)36(48-24-28-17-9-4-10-18-28)35(47-23-27-15-7-3-8-16-27)33(49-32)25-46-22-26-13-5-2-6-14-26/h2-20,31-36,41H,21-25H2,1H3/t31?,32?,33-,34+,35?,36-/m1/s1. The van der Waals surface area contributed by atoms with E-state index in [1.165, 1.54) is 19.2 Å². The average molecular weight is 666 g/mol. The first-order valence-corrected chi connectivity index (χ1v) is 16.3. The number of imide groups is 1. The van der Waals surface area contributed by atoms with Crippen LogP contribution in [0.4, 0.5) is 0 Å². The van der Waals surface area contributed by atoms with Gasteiger partial charge in [0.15, 0.2) is 0 Å². The Balaban J connectivity index is 1.29. The van der Waals surface area contributed by atoms with E-state index in [0.29, 0.717) is 6.61 Å². The molecule has 1 fully saturated rings. The van der Waals surface area contributed by atoms with Crippen LogP contribution in [0.15, 0.2) is 115 Å². The van der Waals surface area contributed by atoms with Crippen molar-refractivity contribution in [2.24, 2.45) is 0 Å². The molecule has 0 bridgehead atoms. The minimum absolute atomic E-state index is 0.0681. The minimum Gasteiger partial charge on any atom is -0.467 e. The molecule has 2 amide bonds. The molecule has 0 aliphatic carbocycles. The van der Waals surface area contributed by atoms with Crippen LogP contribution in [0.3, 0.4) is 0 Å². The Morgan fingerprint density at radius 1 is 0.694 bits per heavy atom. The number of amides is 2. The molecule has 0 aromatic heterocycles. The van der Waals surface area contributed by atoms with Crippen LogP contribution in [-0.4, -0.2) is 78.1 Å². The van der Waals surface area contributed by atoms with Gasteiger partial charge in [-0.1, -0.05) is 103 Å². The van der Waals surface area contributed by atoms with E-state index < -0.39 is 54.3 Å². The lowest BCUT2D eigenvalue weighted by Gasteiger charge is -2.45. The normalized spacial score (nSPS) is 22.5. The zero-order chi connectivity index (χ0) is 34.2. The molecule has 6 rings (SSSR count). The van der Waals surface area contributed by atoms with Gasteiger partial charge in [-0.2, -0.15) is 0 Å². The van der Waals surface area contributed by atoms with Crippen LogP contribution in [0.5, 0.6) is 0 Å². The van der Waals surface area contributed by atoms with Gasteiger partial charge >= 0.3 is 5.97 Å². The molecule has 10 nitrogen and oxygen atoms in total. The monoisotopic (exact) mass is 665 g/mol. The second-order valence-electron chi connectivity index (χ2n) is 12.0. The van der Waals surface area contributed by atoms with Crippen LogP contribution < -0.4 is 0 Å². The average Bonchev–Trinajstić information content (AvgIpc) is 3.40. The number of benzene rings is 4. The molecule has 0 spiro atoms. The highest BCUT2D eigenvalue weighted by Crippen LogP contribution is 2.33. The van der Waals surface area contributed by atoms with Gasteiger partial charge in [-0.15, -0.1) is 0 Å². The van der Waals surface area contributed by atoms with Crippen LogP contribution in [0.1, 0.15) is 43.8 Å². The molecule has 0 saturated carbocycles. The third kappa shape index (κ3) is 7.96. The van der Waals surface area contributed by atoms with E-state index in [-0.39, 0.29) is 37.4 Å². The van der Waals surface area contributed by atoms with Crippen LogP contribution in [0, 0.1) is 0 Å². The molecule has 2 aliphatic heterocycles. The fourth-order valence-electron chi connectivity index (χ4n) is 6.28. The smallest absolute Gasteiger partial charge is 0.329 e. The number of aliphatic hydroxyl groups excluding tert-OH is 1. The Morgan fingerprint density at radius 3 is 1.67 bits per heavy atom. The molecule has 2 aliphatic rings. The predicted molar refractivity (Wildman–Crippen MR) is 178 cm³/mol. The van der Waals surface area contributed by atoms with E-state index in [9.17, 15) is 19.5 Å². The molecule has 0 radical (unpaired) electrons. The second kappa shape index (κ2) is 16.1. The number of esters is 1. The van der Waals surface area contributed by atoms with Gasteiger partial charge in [-0.3, -0.25) is 14.5 Å². The van der Waals surface area contributed by atoms with Gasteiger partial charge in [0.1, 0.15) is 30.5 Å². The number of ether oxygens (including phenoxy) is 5. The zero-order valence-electron chi connectivity index (χ0n) is 27.1. The lowest BCUT2D eigenvalue weighted by atomic mass is 9.90. The molecule has 1 N–H and O–H groups in total. The summed E-state index contributed by atoms with van der Waals surface area (Å²) in [6, 6.07) is 33.8. The van der Waals surface area contributed by atoms with E-state index in [2.05, 4.69) is 0 Å². The topological polar surface area (TPSA) is 121 Å². The number of carbonyl (C=O) groups is 3. The Bertz CT molecular complexity index is 1670. The number of methoxy groups -OCH3 is 1. The summed E-state index contributed by atoms with van der Waals surface area (Å²) >= 11 is 0. The highest BCUT2D eigenvalue weighted by Gasteiger charge is 2.51. The van der Waals surface area contributed by atoms with Gasteiger partial charge in [0, 0.05) is 6.42 Å². The van der Waals surface area contributed by atoms with Crippen molar-refractivity contribution in [2.75, 3.05) is 13.7 Å². The largest absolute Gasteiger partial charge is 0.467 e. The first-order valence-electron chi connectivity index (χ1n) is 16.3. The first kappa shape index (κ1) is 34.2. The summed E-state index contributed by atoms with van der Waals surface area (Å²) in [7, 11) is 1.19. The fourth-order valence-corrected chi connectivity index (χ4v) is 6.28. The van der Waals surface area contributed by atoms with Crippen LogP contribution in [0.25, 0.3) is 0 Å². The quantitative estimate of drug-likeness (QED) is 0.151. The molecule has 2 heterocycles. The maximum atomic E-state index is 13.5. The third-order valence-electron chi connectivity index (χ3n) is 8.79. The molecule has 3 unspecified atom stereocenters. The van der Waals surface area contributed by atoms with Crippen molar-refractivity contribution in [3.8, 4) is 0 Å². The number of fused-ring (bicyclic) bond motifs is 1. The first-order chi connectivity index (χ1) is 23.9. The number of hydrogen-bond donors (Lipinski definition) is 1. The minimum atomic E-state index is -1.38. The van der Waals surface area contributed by atoms with Gasteiger partial charge < -0.3 is 28.8 Å². The lowest BCUT2D eigenvalue weighted by molar-refractivity contribution is -0.263. The van der Waals surface area contributed by atoms with Crippen molar-refractivity contribution < 1.29 is 43.2 Å². The van der Waals surface area contributed by atoms with Crippen LogP contribution in [-0.2, 0) is 48.3 Å². The number of carbonyl (C=O) groups excluding carboxylic acids is 3. The number of aliphatic hydroxyl groups is 1. The summed E-state index contributed by atoms with van der Waals surface area (Å²) in [5.74, 6) is -2.05.